The largest absolute Gasteiger partial charge is 0.466 e. The number of unbranched alkanes of at least 4 members (excludes halogenated alkanes) is 7. The van der Waals surface area contributed by atoms with Crippen LogP contribution in [-0.2, 0) is 9.53 Å². The molecular weight excluding hydrogens is 236 g/mol. The molecular formula is C17H32O2. The summed E-state index contributed by atoms with van der Waals surface area (Å²) in [4.78, 5) is 11.4. The Morgan fingerprint density at radius 3 is 2.16 bits per heavy atom. The lowest BCUT2D eigenvalue weighted by Gasteiger charge is -2.03. The van der Waals surface area contributed by atoms with Crippen molar-refractivity contribution < 1.29 is 9.53 Å². The van der Waals surface area contributed by atoms with E-state index in [1.807, 2.05) is 0 Å². The highest BCUT2D eigenvalue weighted by atomic mass is 16.5. The molecule has 112 valence electrons. The van der Waals surface area contributed by atoms with Crippen LogP contribution in [0.2, 0.25) is 0 Å². The van der Waals surface area contributed by atoms with Gasteiger partial charge >= 0.3 is 5.97 Å². The predicted octanol–water partition coefficient (Wildman–Crippen LogP) is 5.42. The number of carbonyl (C=O) groups excluding carboxylic acids is 1. The molecule has 0 spiro atoms. The van der Waals surface area contributed by atoms with Crippen LogP contribution in [0.4, 0.5) is 0 Å². The van der Waals surface area contributed by atoms with Gasteiger partial charge in [0.25, 0.3) is 0 Å². The lowest BCUT2D eigenvalue weighted by atomic mass is 10.1. The molecule has 0 fully saturated rings. The minimum atomic E-state index is -0.0490. The first-order valence-corrected chi connectivity index (χ1v) is 8.11. The van der Waals surface area contributed by atoms with Crippen molar-refractivity contribution in [2.24, 2.45) is 0 Å². The molecule has 2 nitrogen and oxygen atoms in total. The fourth-order valence-electron chi connectivity index (χ4n) is 1.91. The molecule has 0 radical (unpaired) electrons. The third kappa shape index (κ3) is 15.2. The standard InChI is InChI=1S/C17H32O2/c1-3-5-7-9-10-11-12-13-15-17(18)19-16-14-8-6-4-2/h11-12H,3-10,13-16H2,1-2H3. The maximum atomic E-state index is 11.4. The highest BCUT2D eigenvalue weighted by Crippen LogP contribution is 2.04. The normalized spacial score (nSPS) is 11.1. The van der Waals surface area contributed by atoms with Gasteiger partial charge in [0.2, 0.25) is 0 Å². The van der Waals surface area contributed by atoms with Crippen LogP contribution in [0.15, 0.2) is 12.2 Å². The monoisotopic (exact) mass is 268 g/mol. The quantitative estimate of drug-likeness (QED) is 0.253. The van der Waals surface area contributed by atoms with E-state index in [1.165, 1.54) is 44.9 Å². The second-order valence-electron chi connectivity index (χ2n) is 5.14. The molecule has 0 saturated heterocycles. The van der Waals surface area contributed by atoms with E-state index in [1.54, 1.807) is 0 Å². The van der Waals surface area contributed by atoms with Gasteiger partial charge in [-0.3, -0.25) is 4.79 Å². The third-order valence-electron chi connectivity index (χ3n) is 3.17. The lowest BCUT2D eigenvalue weighted by Crippen LogP contribution is -2.05. The van der Waals surface area contributed by atoms with Crippen LogP contribution in [0.3, 0.4) is 0 Å². The van der Waals surface area contributed by atoms with Crippen LogP contribution in [0, 0.1) is 0 Å². The first-order chi connectivity index (χ1) is 9.31. The van der Waals surface area contributed by atoms with Gasteiger partial charge in [-0.15, -0.1) is 0 Å². The second-order valence-corrected chi connectivity index (χ2v) is 5.14. The van der Waals surface area contributed by atoms with E-state index >= 15 is 0 Å². The van der Waals surface area contributed by atoms with E-state index in [-0.39, 0.29) is 5.97 Å². The first kappa shape index (κ1) is 18.2. The van der Waals surface area contributed by atoms with Gasteiger partial charge in [0, 0.05) is 6.42 Å². The summed E-state index contributed by atoms with van der Waals surface area (Å²) in [5.41, 5.74) is 0. The Bertz CT molecular complexity index is 221. The van der Waals surface area contributed by atoms with Crippen LogP contribution < -0.4 is 0 Å². The molecule has 0 atom stereocenters. The minimum absolute atomic E-state index is 0.0490. The number of allylic oxidation sites excluding steroid dienone is 2. The van der Waals surface area contributed by atoms with Crippen LogP contribution in [-0.4, -0.2) is 12.6 Å². The van der Waals surface area contributed by atoms with Gasteiger partial charge in [0.15, 0.2) is 0 Å². The van der Waals surface area contributed by atoms with Crippen LogP contribution >= 0.6 is 0 Å². The Hall–Kier alpha value is -0.790. The maximum absolute atomic E-state index is 11.4. The minimum Gasteiger partial charge on any atom is -0.466 e. The van der Waals surface area contributed by atoms with Gasteiger partial charge in [-0.05, 0) is 25.7 Å². The van der Waals surface area contributed by atoms with Crippen molar-refractivity contribution in [3.63, 3.8) is 0 Å². The summed E-state index contributed by atoms with van der Waals surface area (Å²) < 4.78 is 5.18. The third-order valence-corrected chi connectivity index (χ3v) is 3.17. The van der Waals surface area contributed by atoms with Gasteiger partial charge in [-0.2, -0.15) is 0 Å². The zero-order chi connectivity index (χ0) is 14.2. The van der Waals surface area contributed by atoms with Gasteiger partial charge in [-0.25, -0.2) is 0 Å². The summed E-state index contributed by atoms with van der Waals surface area (Å²) >= 11 is 0. The summed E-state index contributed by atoms with van der Waals surface area (Å²) in [5.74, 6) is -0.0490. The molecule has 19 heavy (non-hydrogen) atoms. The average molecular weight is 268 g/mol. The molecule has 0 aliphatic rings. The van der Waals surface area contributed by atoms with Crippen LogP contribution in [0.5, 0.6) is 0 Å². The van der Waals surface area contributed by atoms with E-state index in [0.29, 0.717) is 13.0 Å². The molecule has 0 saturated carbocycles. The molecule has 0 aliphatic carbocycles. The average Bonchev–Trinajstić information content (AvgIpc) is 2.41. The summed E-state index contributed by atoms with van der Waals surface area (Å²) in [7, 11) is 0. The van der Waals surface area contributed by atoms with Gasteiger partial charge in [0.1, 0.15) is 0 Å². The molecule has 0 N–H and O–H groups in total. The smallest absolute Gasteiger partial charge is 0.306 e. The van der Waals surface area contributed by atoms with E-state index in [9.17, 15) is 4.79 Å². The molecule has 0 rings (SSSR count). The number of hydrogen-bond acceptors (Lipinski definition) is 2. The molecule has 0 bridgehead atoms. The Morgan fingerprint density at radius 1 is 0.842 bits per heavy atom. The van der Waals surface area contributed by atoms with E-state index in [4.69, 9.17) is 4.74 Å². The summed E-state index contributed by atoms with van der Waals surface area (Å²) in [5, 5.41) is 0. The van der Waals surface area contributed by atoms with Crippen molar-refractivity contribution in [2.75, 3.05) is 6.61 Å². The van der Waals surface area contributed by atoms with Crippen molar-refractivity contribution in [1.82, 2.24) is 0 Å². The van der Waals surface area contributed by atoms with Gasteiger partial charge in [0.05, 0.1) is 6.61 Å². The van der Waals surface area contributed by atoms with E-state index < -0.39 is 0 Å². The van der Waals surface area contributed by atoms with Gasteiger partial charge in [-0.1, -0.05) is 64.5 Å². The number of ether oxygens (including phenoxy) is 1. The number of rotatable bonds is 13. The number of hydrogen-bond donors (Lipinski definition) is 0. The SMILES string of the molecule is CCCCCCC=CCCC(=O)OCCCCCC. The molecule has 0 amide bonds. The number of esters is 1. The lowest BCUT2D eigenvalue weighted by molar-refractivity contribution is -0.143. The van der Waals surface area contributed by atoms with Crippen molar-refractivity contribution >= 4 is 5.97 Å². The van der Waals surface area contributed by atoms with Crippen molar-refractivity contribution in [2.45, 2.75) is 84.5 Å². The maximum Gasteiger partial charge on any atom is 0.306 e. The fourth-order valence-corrected chi connectivity index (χ4v) is 1.91. The van der Waals surface area contributed by atoms with Gasteiger partial charge < -0.3 is 4.74 Å². The van der Waals surface area contributed by atoms with Crippen LogP contribution in [0.25, 0.3) is 0 Å². The Morgan fingerprint density at radius 2 is 1.47 bits per heavy atom. The second kappa shape index (κ2) is 15.3. The molecule has 0 aromatic heterocycles. The van der Waals surface area contributed by atoms with Crippen molar-refractivity contribution in [3.8, 4) is 0 Å². The molecule has 0 heterocycles. The van der Waals surface area contributed by atoms with Crippen molar-refractivity contribution in [3.05, 3.63) is 12.2 Å². The summed E-state index contributed by atoms with van der Waals surface area (Å²) in [6.07, 6.45) is 16.6. The Balaban J connectivity index is 3.25. The van der Waals surface area contributed by atoms with E-state index in [2.05, 4.69) is 26.0 Å². The first-order valence-electron chi connectivity index (χ1n) is 8.11. The topological polar surface area (TPSA) is 26.3 Å². The molecule has 0 aromatic carbocycles. The van der Waals surface area contributed by atoms with Crippen LogP contribution in [0.1, 0.15) is 84.5 Å². The fraction of sp³-hybridized carbons (Fsp3) is 0.824. The highest BCUT2D eigenvalue weighted by Gasteiger charge is 2.00. The Labute approximate surface area is 119 Å². The molecule has 0 unspecified atom stereocenters. The molecule has 0 aliphatic heterocycles. The summed E-state index contributed by atoms with van der Waals surface area (Å²) in [6, 6.07) is 0. The molecule has 0 aromatic rings. The summed E-state index contributed by atoms with van der Waals surface area (Å²) in [6.45, 7) is 5.00. The zero-order valence-electron chi connectivity index (χ0n) is 13.0. The van der Waals surface area contributed by atoms with Crippen molar-refractivity contribution in [1.29, 1.82) is 0 Å². The number of carbonyl (C=O) groups is 1. The van der Waals surface area contributed by atoms with E-state index in [0.717, 1.165) is 19.3 Å². The predicted molar refractivity (Wildman–Crippen MR) is 82.2 cm³/mol. The zero-order valence-corrected chi connectivity index (χ0v) is 13.0. The molecule has 2 heteroatoms. The Kier molecular flexibility index (Phi) is 14.6. The highest BCUT2D eigenvalue weighted by molar-refractivity contribution is 5.69.